The number of nitrogens with zero attached hydrogens (tertiary/aromatic N) is 2. The van der Waals surface area contributed by atoms with Crippen molar-refractivity contribution in [2.24, 2.45) is 5.92 Å². The Balaban J connectivity index is 2.23. The molecule has 0 aromatic heterocycles. The molecule has 0 heterocycles. The van der Waals surface area contributed by atoms with Crippen molar-refractivity contribution in [3.8, 4) is 6.07 Å². The molecule has 2 rings (SSSR count). The van der Waals surface area contributed by atoms with Gasteiger partial charge in [-0.1, -0.05) is 38.3 Å². The third kappa shape index (κ3) is 3.67. The lowest BCUT2D eigenvalue weighted by atomic mass is 10.1. The molecular formula is C17H23ClN2. The third-order valence-corrected chi connectivity index (χ3v) is 4.40. The Labute approximate surface area is 127 Å². The molecule has 0 bridgehead atoms. The van der Waals surface area contributed by atoms with Crippen molar-refractivity contribution in [1.82, 2.24) is 0 Å². The highest BCUT2D eigenvalue weighted by Gasteiger charge is 2.24. The summed E-state index contributed by atoms with van der Waals surface area (Å²) in [6.45, 7) is 5.56. The molecule has 1 saturated carbocycles. The van der Waals surface area contributed by atoms with Crippen LogP contribution in [0.2, 0.25) is 5.02 Å². The molecule has 1 aromatic rings. The van der Waals surface area contributed by atoms with E-state index in [4.69, 9.17) is 16.9 Å². The lowest BCUT2D eigenvalue weighted by Crippen LogP contribution is -2.35. The number of halogens is 1. The Morgan fingerprint density at radius 1 is 1.35 bits per heavy atom. The van der Waals surface area contributed by atoms with Gasteiger partial charge in [0.2, 0.25) is 0 Å². The molecule has 0 spiro atoms. The molecular weight excluding hydrogens is 268 g/mol. The minimum absolute atomic E-state index is 0.610. The lowest BCUT2D eigenvalue weighted by Gasteiger charge is -2.32. The molecule has 0 amide bonds. The second-order valence-corrected chi connectivity index (χ2v) is 6.50. The molecule has 1 aliphatic rings. The number of hydrogen-bond acceptors (Lipinski definition) is 2. The molecule has 1 aromatic carbocycles. The van der Waals surface area contributed by atoms with Crippen LogP contribution in [-0.2, 0) is 0 Å². The predicted molar refractivity (Wildman–Crippen MR) is 85.2 cm³/mol. The lowest BCUT2D eigenvalue weighted by molar-refractivity contribution is 0.528. The number of benzene rings is 1. The van der Waals surface area contributed by atoms with Crippen LogP contribution in [0.15, 0.2) is 18.2 Å². The maximum absolute atomic E-state index is 8.96. The van der Waals surface area contributed by atoms with Crippen LogP contribution in [0, 0.1) is 17.2 Å². The summed E-state index contributed by atoms with van der Waals surface area (Å²) in [7, 11) is 0. The van der Waals surface area contributed by atoms with Crippen LogP contribution in [0.5, 0.6) is 0 Å². The number of rotatable bonds is 5. The van der Waals surface area contributed by atoms with E-state index in [0.717, 1.165) is 12.2 Å². The first-order chi connectivity index (χ1) is 9.61. The third-order valence-electron chi connectivity index (χ3n) is 4.10. The fourth-order valence-corrected chi connectivity index (χ4v) is 3.21. The van der Waals surface area contributed by atoms with E-state index in [1.807, 2.05) is 12.1 Å². The van der Waals surface area contributed by atoms with Crippen LogP contribution in [-0.4, -0.2) is 12.6 Å². The minimum Gasteiger partial charge on any atom is -0.367 e. The number of nitriles is 1. The van der Waals surface area contributed by atoms with Gasteiger partial charge in [-0.3, -0.25) is 0 Å². The van der Waals surface area contributed by atoms with Gasteiger partial charge in [-0.05, 0) is 43.4 Å². The molecule has 0 unspecified atom stereocenters. The summed E-state index contributed by atoms with van der Waals surface area (Å²) in [4.78, 5) is 2.47. The number of anilines is 1. The van der Waals surface area contributed by atoms with E-state index in [-0.39, 0.29) is 0 Å². The molecule has 1 fully saturated rings. The Bertz CT molecular complexity index is 484. The molecule has 1 aliphatic carbocycles. The second kappa shape index (κ2) is 6.99. The van der Waals surface area contributed by atoms with Gasteiger partial charge in [0.05, 0.1) is 22.3 Å². The van der Waals surface area contributed by atoms with Crippen molar-refractivity contribution >= 4 is 17.3 Å². The Morgan fingerprint density at radius 2 is 2.05 bits per heavy atom. The summed E-state index contributed by atoms with van der Waals surface area (Å²) in [6.07, 6.45) is 6.32. The molecule has 0 radical (unpaired) electrons. The number of hydrogen-bond donors (Lipinski definition) is 0. The fraction of sp³-hybridized carbons (Fsp3) is 0.588. The van der Waals surface area contributed by atoms with Crippen LogP contribution in [0.25, 0.3) is 0 Å². The highest BCUT2D eigenvalue weighted by atomic mass is 35.5. The standard InChI is InChI=1S/C17H23ClN2/c1-13(2)9-10-20(15-5-3-4-6-15)17-8-7-14(12-19)11-16(17)18/h7-8,11,13,15H,3-6,9-10H2,1-2H3. The van der Waals surface area contributed by atoms with E-state index < -0.39 is 0 Å². The quantitative estimate of drug-likeness (QED) is 0.762. The van der Waals surface area contributed by atoms with Crippen molar-refractivity contribution in [3.63, 3.8) is 0 Å². The zero-order chi connectivity index (χ0) is 14.5. The first-order valence-corrected chi connectivity index (χ1v) is 7.96. The molecule has 0 saturated heterocycles. The van der Waals surface area contributed by atoms with Crippen molar-refractivity contribution in [1.29, 1.82) is 5.26 Å². The maximum Gasteiger partial charge on any atom is 0.0992 e. The zero-order valence-electron chi connectivity index (χ0n) is 12.4. The van der Waals surface area contributed by atoms with Gasteiger partial charge in [0, 0.05) is 12.6 Å². The highest BCUT2D eigenvalue weighted by molar-refractivity contribution is 6.33. The van der Waals surface area contributed by atoms with Gasteiger partial charge in [0.15, 0.2) is 0 Å². The maximum atomic E-state index is 8.96. The molecule has 0 atom stereocenters. The van der Waals surface area contributed by atoms with E-state index >= 15 is 0 Å². The molecule has 20 heavy (non-hydrogen) atoms. The summed E-state index contributed by atoms with van der Waals surface area (Å²) < 4.78 is 0. The van der Waals surface area contributed by atoms with Crippen molar-refractivity contribution in [2.45, 2.75) is 52.0 Å². The van der Waals surface area contributed by atoms with E-state index in [9.17, 15) is 0 Å². The Kier molecular flexibility index (Phi) is 5.31. The smallest absolute Gasteiger partial charge is 0.0992 e. The summed E-state index contributed by atoms with van der Waals surface area (Å²) in [5.74, 6) is 0.691. The van der Waals surface area contributed by atoms with Gasteiger partial charge in [-0.15, -0.1) is 0 Å². The molecule has 0 N–H and O–H groups in total. The van der Waals surface area contributed by atoms with E-state index in [0.29, 0.717) is 22.5 Å². The SMILES string of the molecule is CC(C)CCN(c1ccc(C#N)cc1Cl)C1CCCC1. The first kappa shape index (κ1) is 15.2. The van der Waals surface area contributed by atoms with Crippen molar-refractivity contribution < 1.29 is 0 Å². The summed E-state index contributed by atoms with van der Waals surface area (Å²) in [5, 5.41) is 9.67. The van der Waals surface area contributed by atoms with Gasteiger partial charge < -0.3 is 4.90 Å². The van der Waals surface area contributed by atoms with Crippen LogP contribution in [0.3, 0.4) is 0 Å². The van der Waals surface area contributed by atoms with Gasteiger partial charge in [0.1, 0.15) is 0 Å². The van der Waals surface area contributed by atoms with Gasteiger partial charge in [-0.25, -0.2) is 0 Å². The average molecular weight is 291 g/mol. The average Bonchev–Trinajstić information content (AvgIpc) is 2.94. The largest absolute Gasteiger partial charge is 0.367 e. The normalized spacial score (nSPS) is 15.6. The van der Waals surface area contributed by atoms with Gasteiger partial charge >= 0.3 is 0 Å². The first-order valence-electron chi connectivity index (χ1n) is 7.58. The van der Waals surface area contributed by atoms with Crippen molar-refractivity contribution in [3.05, 3.63) is 28.8 Å². The predicted octanol–water partition coefficient (Wildman–Crippen LogP) is 5.01. The van der Waals surface area contributed by atoms with Crippen LogP contribution < -0.4 is 4.90 Å². The Hall–Kier alpha value is -1.20. The molecule has 0 aliphatic heterocycles. The van der Waals surface area contributed by atoms with E-state index in [1.54, 1.807) is 6.07 Å². The summed E-state index contributed by atoms with van der Waals surface area (Å²) >= 11 is 6.40. The summed E-state index contributed by atoms with van der Waals surface area (Å²) in [6, 6.07) is 8.43. The highest BCUT2D eigenvalue weighted by Crippen LogP contribution is 2.33. The zero-order valence-corrected chi connectivity index (χ0v) is 13.2. The van der Waals surface area contributed by atoms with Crippen LogP contribution >= 0.6 is 11.6 Å². The Morgan fingerprint density at radius 3 is 2.60 bits per heavy atom. The second-order valence-electron chi connectivity index (χ2n) is 6.09. The van der Waals surface area contributed by atoms with Crippen LogP contribution in [0.4, 0.5) is 5.69 Å². The van der Waals surface area contributed by atoms with Gasteiger partial charge in [-0.2, -0.15) is 5.26 Å². The molecule has 108 valence electrons. The fourth-order valence-electron chi connectivity index (χ4n) is 2.92. The van der Waals surface area contributed by atoms with Gasteiger partial charge in [0.25, 0.3) is 0 Å². The molecule has 2 nitrogen and oxygen atoms in total. The van der Waals surface area contributed by atoms with Crippen molar-refractivity contribution in [2.75, 3.05) is 11.4 Å². The monoisotopic (exact) mass is 290 g/mol. The topological polar surface area (TPSA) is 27.0 Å². The van der Waals surface area contributed by atoms with Crippen LogP contribution in [0.1, 0.15) is 51.5 Å². The van der Waals surface area contributed by atoms with E-state index in [2.05, 4.69) is 24.8 Å². The molecule has 3 heteroatoms. The summed E-state index contributed by atoms with van der Waals surface area (Å²) in [5.41, 5.74) is 1.73. The minimum atomic E-state index is 0.610. The van der Waals surface area contributed by atoms with E-state index in [1.165, 1.54) is 32.1 Å².